The van der Waals surface area contributed by atoms with Gasteiger partial charge >= 0.3 is 0 Å². The highest BCUT2D eigenvalue weighted by molar-refractivity contribution is 7.86. The van der Waals surface area contributed by atoms with Gasteiger partial charge in [-0.15, -0.1) is 0 Å². The van der Waals surface area contributed by atoms with Crippen LogP contribution in [0, 0.1) is 6.92 Å². The Balaban J connectivity index is 1.58. The smallest absolute Gasteiger partial charge is 0.243 e. The van der Waals surface area contributed by atoms with Gasteiger partial charge in [-0.05, 0) is 66.8 Å². The average Bonchev–Trinajstić information content (AvgIpc) is 2.90. The number of likely N-dealkylation sites (N-methyl/N-ethyl adjacent to an activating group) is 1. The third kappa shape index (κ3) is 6.44. The number of amides is 1. The predicted octanol–water partition coefficient (Wildman–Crippen LogP) is 6.42. The Bertz CT molecular complexity index is 1390. The molecule has 0 spiro atoms. The number of hydrogen-bond donors (Lipinski definition) is 0. The largest absolute Gasteiger partial charge is 0.337 e. The summed E-state index contributed by atoms with van der Waals surface area (Å²) in [4.78, 5) is 20.5. The number of hydrogen-bond acceptors (Lipinski definition) is 3. The van der Waals surface area contributed by atoms with Crippen LogP contribution in [0.3, 0.4) is 0 Å². The number of benzene rings is 3. The Morgan fingerprint density at radius 3 is 2.27 bits per heavy atom. The molecule has 4 aromatic rings. The van der Waals surface area contributed by atoms with Crippen molar-refractivity contribution in [3.63, 3.8) is 0 Å². The summed E-state index contributed by atoms with van der Waals surface area (Å²) < 4.78 is 15.5. The number of carbonyl (C=O) groups excluding carboxylic acids is 1. The molecular formula is C31H35N3O2S. The fourth-order valence-electron chi connectivity index (χ4n) is 4.18. The van der Waals surface area contributed by atoms with E-state index >= 15 is 0 Å². The fourth-order valence-corrected chi connectivity index (χ4v) is 5.34. The minimum Gasteiger partial charge on any atom is -0.337 e. The van der Waals surface area contributed by atoms with E-state index in [0.29, 0.717) is 18.0 Å². The maximum Gasteiger partial charge on any atom is 0.243 e. The topological polar surface area (TPSA) is 53.5 Å². The Labute approximate surface area is 222 Å². The lowest BCUT2D eigenvalue weighted by Gasteiger charge is -2.28. The second kappa shape index (κ2) is 11.3. The summed E-state index contributed by atoms with van der Waals surface area (Å²) in [6, 6.07) is 25.7. The summed E-state index contributed by atoms with van der Waals surface area (Å²) >= 11 is 0. The number of para-hydroxylation sites is 1. The van der Waals surface area contributed by atoms with E-state index in [1.165, 1.54) is 5.56 Å². The minimum atomic E-state index is -1.54. The minimum absolute atomic E-state index is 0.00550. The second-order valence-electron chi connectivity index (χ2n) is 10.3. The fraction of sp³-hybridized carbons (Fsp3) is 0.290. The molecule has 1 atom stereocenters. The van der Waals surface area contributed by atoms with Gasteiger partial charge in [-0.3, -0.25) is 14.1 Å². The van der Waals surface area contributed by atoms with Crippen LogP contribution in [0.25, 0.3) is 10.9 Å². The number of anilines is 1. The second-order valence-corrected chi connectivity index (χ2v) is 11.8. The van der Waals surface area contributed by atoms with Crippen molar-refractivity contribution in [2.45, 2.75) is 51.5 Å². The van der Waals surface area contributed by atoms with E-state index in [0.717, 1.165) is 27.7 Å². The lowest BCUT2D eigenvalue weighted by molar-refractivity contribution is -0.129. The molecule has 37 heavy (non-hydrogen) atoms. The van der Waals surface area contributed by atoms with E-state index in [4.69, 9.17) is 0 Å². The number of pyridine rings is 1. The molecule has 1 amide bonds. The van der Waals surface area contributed by atoms with E-state index in [1.54, 1.807) is 9.21 Å². The number of carbonyl (C=O) groups is 1. The first-order valence-electron chi connectivity index (χ1n) is 12.6. The van der Waals surface area contributed by atoms with Gasteiger partial charge in [0.15, 0.2) is 11.0 Å². The zero-order valence-electron chi connectivity index (χ0n) is 22.3. The van der Waals surface area contributed by atoms with Gasteiger partial charge in [-0.25, -0.2) is 4.21 Å². The van der Waals surface area contributed by atoms with Gasteiger partial charge in [0.1, 0.15) is 6.54 Å². The molecule has 0 aliphatic carbocycles. The maximum atomic E-state index is 13.8. The lowest BCUT2D eigenvalue weighted by atomic mass is 9.87. The molecule has 4 rings (SSSR count). The van der Waals surface area contributed by atoms with E-state index in [9.17, 15) is 9.00 Å². The molecule has 0 bridgehead atoms. The number of rotatable bonds is 8. The van der Waals surface area contributed by atoms with Gasteiger partial charge < -0.3 is 4.90 Å². The van der Waals surface area contributed by atoms with Crippen LogP contribution in [0.15, 0.2) is 90.0 Å². The molecule has 1 heterocycles. The normalized spacial score (nSPS) is 12.4. The van der Waals surface area contributed by atoms with Crippen LogP contribution in [0.1, 0.15) is 44.4 Å². The molecule has 0 saturated heterocycles. The van der Waals surface area contributed by atoms with Gasteiger partial charge in [0.05, 0.1) is 16.1 Å². The van der Waals surface area contributed by atoms with Crippen molar-refractivity contribution < 1.29 is 9.00 Å². The Morgan fingerprint density at radius 2 is 1.62 bits per heavy atom. The molecule has 1 aromatic heterocycles. The molecule has 6 heteroatoms. The molecule has 0 saturated carbocycles. The van der Waals surface area contributed by atoms with Crippen LogP contribution >= 0.6 is 0 Å². The molecule has 0 N–H and O–H groups in total. The highest BCUT2D eigenvalue weighted by Gasteiger charge is 2.23. The van der Waals surface area contributed by atoms with Crippen molar-refractivity contribution in [3.8, 4) is 0 Å². The van der Waals surface area contributed by atoms with Gasteiger partial charge in [0.25, 0.3) is 0 Å². The van der Waals surface area contributed by atoms with Crippen molar-refractivity contribution in [2.24, 2.45) is 0 Å². The number of fused-ring (bicyclic) bond motifs is 1. The zero-order valence-corrected chi connectivity index (χ0v) is 23.1. The van der Waals surface area contributed by atoms with Crippen LogP contribution in [-0.2, 0) is 27.7 Å². The highest BCUT2D eigenvalue weighted by Crippen LogP contribution is 2.26. The monoisotopic (exact) mass is 513 g/mol. The van der Waals surface area contributed by atoms with Crippen LogP contribution in [-0.4, -0.2) is 33.1 Å². The van der Waals surface area contributed by atoms with Crippen LogP contribution in [0.2, 0.25) is 0 Å². The van der Waals surface area contributed by atoms with E-state index in [1.807, 2.05) is 92.8 Å². The Morgan fingerprint density at radius 1 is 0.946 bits per heavy atom. The van der Waals surface area contributed by atoms with Crippen molar-refractivity contribution in [1.82, 2.24) is 9.88 Å². The molecule has 0 radical (unpaired) electrons. The summed E-state index contributed by atoms with van der Waals surface area (Å²) in [5, 5.41) is 1.05. The SMILES string of the molecule is CCN(Cc1cnc2ccccc2c1)C(=O)CN(c1ccc(C)cc1)S(=O)c1ccc(C(C)(C)C)cc1. The maximum absolute atomic E-state index is 13.8. The molecule has 0 aliphatic heterocycles. The zero-order chi connectivity index (χ0) is 26.6. The summed E-state index contributed by atoms with van der Waals surface area (Å²) in [7, 11) is -1.54. The van der Waals surface area contributed by atoms with E-state index in [-0.39, 0.29) is 17.9 Å². The van der Waals surface area contributed by atoms with E-state index in [2.05, 4.69) is 31.8 Å². The summed E-state index contributed by atoms with van der Waals surface area (Å²) in [6.07, 6.45) is 1.82. The molecule has 0 fully saturated rings. The van der Waals surface area contributed by atoms with Crippen LogP contribution in [0.4, 0.5) is 5.69 Å². The quantitative estimate of drug-likeness (QED) is 0.273. The molecule has 3 aromatic carbocycles. The van der Waals surface area contributed by atoms with Gasteiger partial charge in [-0.2, -0.15) is 0 Å². The standard InChI is InChI=1S/C31H35N3O2S/c1-6-33(21-24-19-25-9-7-8-10-29(25)32-20-24)30(35)22-34(27-15-11-23(2)12-16-27)37(36)28-17-13-26(14-18-28)31(3,4)5/h7-20H,6,21-22H2,1-5H3. The summed E-state index contributed by atoms with van der Waals surface area (Å²) in [5.74, 6) is -0.0871. The van der Waals surface area contributed by atoms with Crippen molar-refractivity contribution in [2.75, 3.05) is 17.4 Å². The van der Waals surface area contributed by atoms with Crippen LogP contribution < -0.4 is 4.31 Å². The average molecular weight is 514 g/mol. The highest BCUT2D eigenvalue weighted by atomic mass is 32.2. The number of nitrogens with zero attached hydrogens (tertiary/aromatic N) is 3. The van der Waals surface area contributed by atoms with Gasteiger partial charge in [0, 0.05) is 24.7 Å². The first-order valence-corrected chi connectivity index (χ1v) is 13.7. The predicted molar refractivity (Wildman–Crippen MR) is 153 cm³/mol. The van der Waals surface area contributed by atoms with Crippen molar-refractivity contribution in [1.29, 1.82) is 0 Å². The Kier molecular flexibility index (Phi) is 8.08. The molecular weight excluding hydrogens is 478 g/mol. The summed E-state index contributed by atoms with van der Waals surface area (Å²) in [6.45, 7) is 11.4. The van der Waals surface area contributed by atoms with E-state index < -0.39 is 11.0 Å². The summed E-state index contributed by atoms with van der Waals surface area (Å²) in [5.41, 5.74) is 4.93. The number of aromatic nitrogens is 1. The molecule has 1 unspecified atom stereocenters. The lowest BCUT2D eigenvalue weighted by Crippen LogP contribution is -2.41. The van der Waals surface area contributed by atoms with Crippen molar-refractivity contribution in [3.05, 3.63) is 102 Å². The Hall–Kier alpha value is -3.51. The molecule has 0 aliphatic rings. The molecule has 192 valence electrons. The first kappa shape index (κ1) is 26.6. The first-order chi connectivity index (χ1) is 17.7. The number of aryl methyl sites for hydroxylation is 1. The van der Waals surface area contributed by atoms with Gasteiger partial charge in [0.2, 0.25) is 5.91 Å². The third-order valence-electron chi connectivity index (χ3n) is 6.48. The van der Waals surface area contributed by atoms with Gasteiger partial charge in [-0.1, -0.05) is 68.8 Å². The van der Waals surface area contributed by atoms with Crippen LogP contribution in [0.5, 0.6) is 0 Å². The molecule has 5 nitrogen and oxygen atoms in total. The third-order valence-corrected chi connectivity index (χ3v) is 7.89. The van der Waals surface area contributed by atoms with Crippen molar-refractivity contribution >= 4 is 33.5 Å².